The van der Waals surface area contributed by atoms with Gasteiger partial charge >= 0.3 is 0 Å². The fraction of sp³-hybridized carbons (Fsp3) is 1.00. The molecule has 0 amide bonds. The lowest BCUT2D eigenvalue weighted by atomic mass is 9.81. The topological polar surface area (TPSA) is 0 Å². The van der Waals surface area contributed by atoms with Gasteiger partial charge in [-0.1, -0.05) is 39.5 Å². The molecule has 0 nitrogen and oxygen atoms in total. The summed E-state index contributed by atoms with van der Waals surface area (Å²) < 4.78 is 0. The molecule has 2 atom stereocenters. The first-order valence-electron chi connectivity index (χ1n) is 4.33. The van der Waals surface area contributed by atoms with Crippen molar-refractivity contribution in [1.29, 1.82) is 0 Å². The van der Waals surface area contributed by atoms with E-state index in [0.29, 0.717) is 0 Å². The third kappa shape index (κ3) is 2.00. The molecule has 1 fully saturated rings. The van der Waals surface area contributed by atoms with Gasteiger partial charge in [0.25, 0.3) is 0 Å². The third-order valence-corrected chi connectivity index (χ3v) is 2.62. The lowest BCUT2D eigenvalue weighted by Crippen LogP contribution is -2.11. The summed E-state index contributed by atoms with van der Waals surface area (Å²) in [6.07, 6.45) is 7.37. The highest BCUT2D eigenvalue weighted by Crippen LogP contribution is 2.29. The summed E-state index contributed by atoms with van der Waals surface area (Å²) in [5.41, 5.74) is 0. The molecule has 0 heterocycles. The van der Waals surface area contributed by atoms with Crippen molar-refractivity contribution >= 4 is 0 Å². The summed E-state index contributed by atoms with van der Waals surface area (Å²) >= 11 is 0. The Morgan fingerprint density at radius 3 is 2.56 bits per heavy atom. The molecule has 0 aromatic rings. The van der Waals surface area contributed by atoms with Crippen molar-refractivity contribution < 1.29 is 0 Å². The van der Waals surface area contributed by atoms with Crippen LogP contribution in [0.4, 0.5) is 0 Å². The van der Waals surface area contributed by atoms with Crippen molar-refractivity contribution in [2.75, 3.05) is 0 Å². The van der Waals surface area contributed by atoms with Crippen LogP contribution in [0.3, 0.4) is 0 Å². The molecule has 54 valence electrons. The summed E-state index contributed by atoms with van der Waals surface area (Å²) in [6, 6.07) is 0. The average Bonchev–Trinajstić information content (AvgIpc) is 1.88. The Bertz CT molecular complexity index is 76.1. The molecule has 0 saturated heterocycles. The molecule has 0 radical (unpaired) electrons. The lowest BCUT2D eigenvalue weighted by Gasteiger charge is -2.25. The quantitative estimate of drug-likeness (QED) is 0.506. The van der Waals surface area contributed by atoms with Crippen LogP contribution in [0, 0.1) is 11.8 Å². The van der Waals surface area contributed by atoms with Gasteiger partial charge in [0.2, 0.25) is 0 Å². The van der Waals surface area contributed by atoms with E-state index in [-0.39, 0.29) is 0 Å². The second-order valence-electron chi connectivity index (χ2n) is 3.55. The second kappa shape index (κ2) is 3.24. The Hall–Kier alpha value is 0. The van der Waals surface area contributed by atoms with Gasteiger partial charge in [0.1, 0.15) is 0 Å². The molecule has 1 rings (SSSR count). The van der Waals surface area contributed by atoms with Crippen molar-refractivity contribution in [3.05, 3.63) is 0 Å². The molecule has 0 aromatic carbocycles. The minimum atomic E-state index is 1.02. The molecule has 1 aliphatic carbocycles. The lowest BCUT2D eigenvalue weighted by molar-refractivity contribution is 0.276. The van der Waals surface area contributed by atoms with Crippen molar-refractivity contribution in [1.82, 2.24) is 0 Å². The van der Waals surface area contributed by atoms with E-state index in [1.807, 2.05) is 0 Å². The Morgan fingerprint density at radius 2 is 2.11 bits per heavy atom. The zero-order valence-electron chi connectivity index (χ0n) is 6.69. The van der Waals surface area contributed by atoms with E-state index in [4.69, 9.17) is 0 Å². The maximum atomic E-state index is 2.39. The molecule has 0 unspecified atom stereocenters. The molecule has 0 bridgehead atoms. The van der Waals surface area contributed by atoms with Crippen LogP contribution in [0.2, 0.25) is 0 Å². The van der Waals surface area contributed by atoms with Gasteiger partial charge in [-0.2, -0.15) is 0 Å². The maximum Gasteiger partial charge on any atom is -0.0414 e. The van der Waals surface area contributed by atoms with Crippen LogP contribution in [-0.2, 0) is 0 Å². The summed E-state index contributed by atoms with van der Waals surface area (Å²) in [5, 5.41) is 0. The number of rotatable bonds is 1. The molecule has 0 N–H and O–H groups in total. The van der Waals surface area contributed by atoms with Crippen molar-refractivity contribution in [3.63, 3.8) is 0 Å². The fourth-order valence-corrected chi connectivity index (χ4v) is 1.93. The minimum absolute atomic E-state index is 1.02. The van der Waals surface area contributed by atoms with Gasteiger partial charge in [0, 0.05) is 0 Å². The molecule has 0 heteroatoms. The molecule has 1 aliphatic rings. The Morgan fingerprint density at radius 1 is 1.33 bits per heavy atom. The zero-order chi connectivity index (χ0) is 6.69. The van der Waals surface area contributed by atoms with Crippen LogP contribution in [0.25, 0.3) is 0 Å². The van der Waals surface area contributed by atoms with Crippen LogP contribution in [0.1, 0.15) is 46.0 Å². The predicted octanol–water partition coefficient (Wildman–Crippen LogP) is 3.22. The maximum absolute atomic E-state index is 2.39. The standard InChI is InChI=1S/C9H18/c1-3-9-6-4-5-8(2)7-9/h8-9H,3-7H2,1-2H3/t8-,9-/m1/s1. The monoisotopic (exact) mass is 126 g/mol. The van der Waals surface area contributed by atoms with Gasteiger partial charge in [-0.05, 0) is 18.3 Å². The summed E-state index contributed by atoms with van der Waals surface area (Å²) in [7, 11) is 0. The highest BCUT2D eigenvalue weighted by atomic mass is 14.2. The van der Waals surface area contributed by atoms with Gasteiger partial charge < -0.3 is 0 Å². The van der Waals surface area contributed by atoms with E-state index < -0.39 is 0 Å². The second-order valence-corrected chi connectivity index (χ2v) is 3.55. The summed E-state index contributed by atoms with van der Waals surface area (Å²) in [5.74, 6) is 2.08. The molecule has 0 aromatic heterocycles. The zero-order valence-corrected chi connectivity index (χ0v) is 6.69. The first-order chi connectivity index (χ1) is 4.33. The molecule has 0 aliphatic heterocycles. The molecule has 9 heavy (non-hydrogen) atoms. The summed E-state index contributed by atoms with van der Waals surface area (Å²) in [4.78, 5) is 0. The van der Waals surface area contributed by atoms with Crippen LogP contribution < -0.4 is 0 Å². The van der Waals surface area contributed by atoms with Crippen LogP contribution in [0.15, 0.2) is 0 Å². The highest BCUT2D eigenvalue weighted by Gasteiger charge is 2.16. The Kier molecular flexibility index (Phi) is 2.56. The predicted molar refractivity (Wildman–Crippen MR) is 41.4 cm³/mol. The SMILES string of the molecule is CC[C@@H]1CCC[C@@H](C)C1. The first-order valence-corrected chi connectivity index (χ1v) is 4.33. The van der Waals surface area contributed by atoms with Gasteiger partial charge in [-0.25, -0.2) is 0 Å². The normalized spacial score (nSPS) is 36.7. The van der Waals surface area contributed by atoms with Gasteiger partial charge in [0.05, 0.1) is 0 Å². The Balaban J connectivity index is 2.23. The highest BCUT2D eigenvalue weighted by molar-refractivity contribution is 4.68. The van der Waals surface area contributed by atoms with E-state index in [0.717, 1.165) is 11.8 Å². The molecule has 1 saturated carbocycles. The van der Waals surface area contributed by atoms with Crippen LogP contribution >= 0.6 is 0 Å². The van der Waals surface area contributed by atoms with E-state index >= 15 is 0 Å². The smallest absolute Gasteiger partial charge is 0.0414 e. The van der Waals surface area contributed by atoms with Crippen LogP contribution in [0.5, 0.6) is 0 Å². The summed E-state index contributed by atoms with van der Waals surface area (Å²) in [6.45, 7) is 4.71. The number of hydrogen-bond acceptors (Lipinski definition) is 0. The van der Waals surface area contributed by atoms with Gasteiger partial charge in [-0.3, -0.25) is 0 Å². The average molecular weight is 126 g/mol. The van der Waals surface area contributed by atoms with Crippen LogP contribution in [-0.4, -0.2) is 0 Å². The largest absolute Gasteiger partial charge is 0.0651 e. The fourth-order valence-electron chi connectivity index (χ4n) is 1.93. The van der Waals surface area contributed by atoms with E-state index in [1.54, 1.807) is 0 Å². The third-order valence-electron chi connectivity index (χ3n) is 2.62. The Labute approximate surface area is 58.7 Å². The van der Waals surface area contributed by atoms with E-state index in [1.165, 1.54) is 32.1 Å². The molecule has 0 spiro atoms. The van der Waals surface area contributed by atoms with Crippen molar-refractivity contribution in [3.8, 4) is 0 Å². The minimum Gasteiger partial charge on any atom is -0.0651 e. The van der Waals surface area contributed by atoms with Crippen molar-refractivity contribution in [2.24, 2.45) is 11.8 Å². The molecular formula is C9H18. The number of hydrogen-bond donors (Lipinski definition) is 0. The van der Waals surface area contributed by atoms with E-state index in [2.05, 4.69) is 13.8 Å². The van der Waals surface area contributed by atoms with Crippen molar-refractivity contribution in [2.45, 2.75) is 46.0 Å². The first kappa shape index (κ1) is 7.11. The molecular weight excluding hydrogens is 108 g/mol. The van der Waals surface area contributed by atoms with E-state index in [9.17, 15) is 0 Å². The van der Waals surface area contributed by atoms with Gasteiger partial charge in [-0.15, -0.1) is 0 Å². The van der Waals surface area contributed by atoms with Gasteiger partial charge in [0.15, 0.2) is 0 Å².